The molecule has 34 heavy (non-hydrogen) atoms. The molecule has 0 aliphatic rings. The van der Waals surface area contributed by atoms with Crippen molar-refractivity contribution < 1.29 is 14.3 Å². The molecule has 3 aromatic carbocycles. The zero-order valence-electron chi connectivity index (χ0n) is 18.7. The van der Waals surface area contributed by atoms with Gasteiger partial charge in [0.2, 0.25) is 0 Å². The van der Waals surface area contributed by atoms with Crippen molar-refractivity contribution in [1.29, 1.82) is 0 Å². The monoisotopic (exact) mass is 453 g/mol. The average Bonchev–Trinajstić information content (AvgIpc) is 3.30. The third-order valence-corrected chi connectivity index (χ3v) is 5.10. The fourth-order valence-electron chi connectivity index (χ4n) is 3.27. The molecular weight excluding hydrogens is 430 g/mol. The van der Waals surface area contributed by atoms with Gasteiger partial charge in [0.15, 0.2) is 0 Å². The van der Waals surface area contributed by atoms with Crippen LogP contribution >= 0.6 is 0 Å². The predicted molar refractivity (Wildman–Crippen MR) is 131 cm³/mol. The molecule has 170 valence electrons. The van der Waals surface area contributed by atoms with Crippen LogP contribution in [0, 0.1) is 6.92 Å². The van der Waals surface area contributed by atoms with Gasteiger partial charge in [0.25, 0.3) is 0 Å². The topological polar surface area (TPSA) is 97.6 Å². The van der Waals surface area contributed by atoms with E-state index in [1.165, 1.54) is 6.21 Å². The maximum atomic E-state index is 12.2. The number of aryl methyl sites for hydroxylation is 1. The highest BCUT2D eigenvalue weighted by Gasteiger charge is 2.15. The lowest BCUT2D eigenvalue weighted by molar-refractivity contribution is -0.136. The summed E-state index contributed by atoms with van der Waals surface area (Å²) in [7, 11) is 1.61. The summed E-state index contributed by atoms with van der Waals surface area (Å²) in [6.45, 7) is 1.84. The smallest absolute Gasteiger partial charge is 0.329 e. The number of rotatable bonds is 6. The van der Waals surface area contributed by atoms with Crippen LogP contribution in [0.15, 0.2) is 90.2 Å². The van der Waals surface area contributed by atoms with Crippen LogP contribution in [0.2, 0.25) is 0 Å². The van der Waals surface area contributed by atoms with Crippen molar-refractivity contribution in [3.05, 3.63) is 96.2 Å². The molecule has 8 heteroatoms. The summed E-state index contributed by atoms with van der Waals surface area (Å²) < 4.78 is 6.97. The minimum absolute atomic E-state index is 0.567. The molecule has 0 fully saturated rings. The van der Waals surface area contributed by atoms with E-state index >= 15 is 0 Å². The standard InChI is InChI=1S/C26H23N5O3/c1-18-8-6-7-11-23(18)28-25(32)26(33)29-27-16-20-17-31(21-9-4-3-5-10-21)30-24(20)19-12-14-22(34-2)15-13-19/h3-17H,1-2H3,(H,28,32)(H,29,33)/b27-16-. The number of hydrogen-bond donors (Lipinski definition) is 2. The summed E-state index contributed by atoms with van der Waals surface area (Å²) in [6, 6.07) is 24.3. The van der Waals surface area contributed by atoms with Crippen molar-refractivity contribution in [1.82, 2.24) is 15.2 Å². The lowest BCUT2D eigenvalue weighted by atomic mass is 10.1. The van der Waals surface area contributed by atoms with Gasteiger partial charge in [0.05, 0.1) is 19.0 Å². The number of hydrogen-bond acceptors (Lipinski definition) is 5. The van der Waals surface area contributed by atoms with Crippen LogP contribution in [0.25, 0.3) is 16.9 Å². The second-order valence-corrected chi connectivity index (χ2v) is 7.41. The summed E-state index contributed by atoms with van der Waals surface area (Å²) >= 11 is 0. The van der Waals surface area contributed by atoms with Crippen molar-refractivity contribution in [2.24, 2.45) is 5.10 Å². The Morgan fingerprint density at radius 1 is 0.941 bits per heavy atom. The van der Waals surface area contributed by atoms with Crippen molar-refractivity contribution in [2.45, 2.75) is 6.92 Å². The molecule has 0 atom stereocenters. The van der Waals surface area contributed by atoms with Crippen molar-refractivity contribution in [2.75, 3.05) is 12.4 Å². The highest BCUT2D eigenvalue weighted by molar-refractivity contribution is 6.39. The number of benzene rings is 3. The average molecular weight is 454 g/mol. The van der Waals surface area contributed by atoms with Gasteiger partial charge in [0.1, 0.15) is 11.4 Å². The van der Waals surface area contributed by atoms with Gasteiger partial charge in [-0.25, -0.2) is 10.1 Å². The zero-order valence-corrected chi connectivity index (χ0v) is 18.7. The van der Waals surface area contributed by atoms with Crippen LogP contribution in [-0.4, -0.2) is 34.9 Å². The fraction of sp³-hybridized carbons (Fsp3) is 0.0769. The SMILES string of the molecule is COc1ccc(-c2nn(-c3ccccc3)cc2/C=N\NC(=O)C(=O)Nc2ccccc2C)cc1. The largest absolute Gasteiger partial charge is 0.497 e. The van der Waals surface area contributed by atoms with Gasteiger partial charge in [-0.1, -0.05) is 36.4 Å². The Morgan fingerprint density at radius 2 is 1.65 bits per heavy atom. The number of anilines is 1. The lowest BCUT2D eigenvalue weighted by Crippen LogP contribution is -2.32. The molecule has 0 unspecified atom stereocenters. The molecule has 0 aliphatic carbocycles. The van der Waals surface area contributed by atoms with Gasteiger partial charge in [-0.15, -0.1) is 0 Å². The molecule has 0 aliphatic heterocycles. The van der Waals surface area contributed by atoms with Gasteiger partial charge in [0, 0.05) is 23.0 Å². The summed E-state index contributed by atoms with van der Waals surface area (Å²) in [5.74, 6) is -0.948. The molecule has 0 bridgehead atoms. The summed E-state index contributed by atoms with van der Waals surface area (Å²) in [5.41, 5.74) is 6.74. The number of carbonyl (C=O) groups excluding carboxylic acids is 2. The Labute approximate surface area is 196 Å². The van der Waals surface area contributed by atoms with E-state index in [2.05, 4.69) is 15.8 Å². The summed E-state index contributed by atoms with van der Waals surface area (Å²) in [4.78, 5) is 24.4. The Balaban J connectivity index is 1.54. The van der Waals surface area contributed by atoms with Crippen LogP contribution in [-0.2, 0) is 9.59 Å². The normalized spacial score (nSPS) is 10.8. The van der Waals surface area contributed by atoms with Crippen molar-refractivity contribution in [3.63, 3.8) is 0 Å². The number of hydrazone groups is 1. The van der Waals surface area contributed by atoms with Gasteiger partial charge >= 0.3 is 11.8 Å². The number of carbonyl (C=O) groups is 2. The first-order valence-corrected chi connectivity index (χ1v) is 10.5. The fourth-order valence-corrected chi connectivity index (χ4v) is 3.27. The molecule has 0 saturated carbocycles. The van der Waals surface area contributed by atoms with E-state index in [0.29, 0.717) is 16.9 Å². The van der Waals surface area contributed by atoms with E-state index in [1.54, 1.807) is 30.1 Å². The maximum Gasteiger partial charge on any atom is 0.329 e. The molecule has 1 heterocycles. The molecule has 8 nitrogen and oxygen atoms in total. The van der Waals surface area contributed by atoms with Crippen LogP contribution in [0.4, 0.5) is 5.69 Å². The Hall–Kier alpha value is -4.72. The zero-order chi connectivity index (χ0) is 23.9. The number of methoxy groups -OCH3 is 1. The van der Waals surface area contributed by atoms with E-state index < -0.39 is 11.8 Å². The summed E-state index contributed by atoms with van der Waals surface area (Å²) in [5, 5.41) is 11.3. The molecule has 2 amide bonds. The van der Waals surface area contributed by atoms with E-state index in [9.17, 15) is 9.59 Å². The molecule has 2 N–H and O–H groups in total. The van der Waals surface area contributed by atoms with Crippen molar-refractivity contribution >= 4 is 23.7 Å². The predicted octanol–water partition coefficient (Wildman–Crippen LogP) is 3.95. The molecule has 4 rings (SSSR count). The number of nitrogens with zero attached hydrogens (tertiary/aromatic N) is 3. The minimum Gasteiger partial charge on any atom is -0.497 e. The second kappa shape index (κ2) is 10.3. The molecular formula is C26H23N5O3. The van der Waals surface area contributed by atoms with Crippen molar-refractivity contribution in [3.8, 4) is 22.7 Å². The van der Waals surface area contributed by atoms with Crippen LogP contribution < -0.4 is 15.5 Å². The van der Waals surface area contributed by atoms with E-state index in [4.69, 9.17) is 9.84 Å². The van der Waals surface area contributed by atoms with Gasteiger partial charge < -0.3 is 10.1 Å². The number of aromatic nitrogens is 2. The second-order valence-electron chi connectivity index (χ2n) is 7.41. The number of nitrogens with one attached hydrogen (secondary N) is 2. The Morgan fingerprint density at radius 3 is 2.35 bits per heavy atom. The number of amides is 2. The van der Waals surface area contributed by atoms with Crippen LogP contribution in [0.5, 0.6) is 5.75 Å². The number of para-hydroxylation sites is 2. The highest BCUT2D eigenvalue weighted by atomic mass is 16.5. The highest BCUT2D eigenvalue weighted by Crippen LogP contribution is 2.25. The third kappa shape index (κ3) is 5.18. The first-order valence-electron chi connectivity index (χ1n) is 10.5. The van der Waals surface area contributed by atoms with Gasteiger partial charge in [-0.3, -0.25) is 9.59 Å². The minimum atomic E-state index is -0.874. The Bertz CT molecular complexity index is 1330. The maximum absolute atomic E-state index is 12.2. The van der Waals surface area contributed by atoms with E-state index in [0.717, 1.165) is 22.6 Å². The van der Waals surface area contributed by atoms with Gasteiger partial charge in [-0.2, -0.15) is 10.2 Å². The molecule has 4 aromatic rings. The van der Waals surface area contributed by atoms with Gasteiger partial charge in [-0.05, 0) is 55.0 Å². The summed E-state index contributed by atoms with van der Waals surface area (Å²) in [6.07, 6.45) is 3.27. The van der Waals surface area contributed by atoms with E-state index in [1.807, 2.05) is 73.7 Å². The third-order valence-electron chi connectivity index (χ3n) is 5.10. The van der Waals surface area contributed by atoms with Crippen LogP contribution in [0.3, 0.4) is 0 Å². The lowest BCUT2D eigenvalue weighted by Gasteiger charge is -2.06. The molecule has 0 spiro atoms. The van der Waals surface area contributed by atoms with Crippen LogP contribution in [0.1, 0.15) is 11.1 Å². The first kappa shape index (κ1) is 22.5. The quantitative estimate of drug-likeness (QED) is 0.262. The molecule has 0 radical (unpaired) electrons. The van der Waals surface area contributed by atoms with E-state index in [-0.39, 0.29) is 0 Å². The Kier molecular flexibility index (Phi) is 6.78. The molecule has 0 saturated heterocycles. The first-order chi connectivity index (χ1) is 16.5. The molecule has 1 aromatic heterocycles. The number of ether oxygens (including phenoxy) is 1.